The van der Waals surface area contributed by atoms with Gasteiger partial charge in [0.15, 0.2) is 0 Å². The molecule has 0 aliphatic rings. The largest absolute Gasteiger partial charge is 0.342 e. The zero-order valence-electron chi connectivity index (χ0n) is 12.2. The average Bonchev–Trinajstić information content (AvgIpc) is 2.37. The number of aryl methyl sites for hydroxylation is 1. The van der Waals surface area contributed by atoms with Gasteiger partial charge in [0, 0.05) is 18.8 Å². The third kappa shape index (κ3) is 3.17. The number of anilines is 2. The van der Waals surface area contributed by atoms with Gasteiger partial charge in [-0.3, -0.25) is 0 Å². The van der Waals surface area contributed by atoms with Crippen LogP contribution in [-0.4, -0.2) is 13.1 Å². The van der Waals surface area contributed by atoms with E-state index in [1.54, 1.807) is 6.07 Å². The summed E-state index contributed by atoms with van der Waals surface area (Å²) < 4.78 is 14.3. The van der Waals surface area contributed by atoms with Gasteiger partial charge in [-0.15, -0.1) is 0 Å². The van der Waals surface area contributed by atoms with Crippen molar-refractivity contribution in [1.82, 2.24) is 0 Å². The van der Waals surface area contributed by atoms with Crippen LogP contribution in [0.2, 0.25) is 0 Å². The van der Waals surface area contributed by atoms with E-state index in [0.717, 1.165) is 16.8 Å². The Labute approximate surface area is 120 Å². The SMILES string of the molecule is Cc1cccc(N(C)c2c(F)cccc2CC(C)N)c1. The zero-order chi connectivity index (χ0) is 14.7. The highest BCUT2D eigenvalue weighted by molar-refractivity contribution is 5.67. The van der Waals surface area contributed by atoms with Crippen LogP contribution in [-0.2, 0) is 6.42 Å². The van der Waals surface area contributed by atoms with Crippen molar-refractivity contribution in [3.63, 3.8) is 0 Å². The van der Waals surface area contributed by atoms with Crippen molar-refractivity contribution in [3.05, 3.63) is 59.4 Å². The minimum atomic E-state index is -0.216. The quantitative estimate of drug-likeness (QED) is 0.917. The molecule has 2 rings (SSSR count). The Balaban J connectivity index is 2.45. The van der Waals surface area contributed by atoms with Crippen molar-refractivity contribution < 1.29 is 4.39 Å². The van der Waals surface area contributed by atoms with Crippen molar-refractivity contribution in [2.75, 3.05) is 11.9 Å². The molecule has 1 unspecified atom stereocenters. The molecule has 0 saturated carbocycles. The molecule has 106 valence electrons. The summed E-state index contributed by atoms with van der Waals surface area (Å²) in [6.07, 6.45) is 0.656. The summed E-state index contributed by atoms with van der Waals surface area (Å²) in [4.78, 5) is 1.89. The lowest BCUT2D eigenvalue weighted by molar-refractivity contribution is 0.622. The van der Waals surface area contributed by atoms with Crippen LogP contribution in [0.4, 0.5) is 15.8 Å². The Morgan fingerprint density at radius 3 is 2.55 bits per heavy atom. The maximum atomic E-state index is 14.3. The van der Waals surface area contributed by atoms with Crippen LogP contribution in [0.5, 0.6) is 0 Å². The fourth-order valence-corrected chi connectivity index (χ4v) is 2.41. The average molecular weight is 272 g/mol. The summed E-state index contributed by atoms with van der Waals surface area (Å²) in [6, 6.07) is 13.2. The second-order valence-corrected chi connectivity index (χ2v) is 5.33. The molecule has 0 aliphatic heterocycles. The molecule has 2 aromatic carbocycles. The van der Waals surface area contributed by atoms with Crippen molar-refractivity contribution in [3.8, 4) is 0 Å². The van der Waals surface area contributed by atoms with Gasteiger partial charge in [-0.05, 0) is 49.6 Å². The lowest BCUT2D eigenvalue weighted by Gasteiger charge is -2.24. The van der Waals surface area contributed by atoms with Crippen LogP contribution in [0.1, 0.15) is 18.1 Å². The molecule has 0 fully saturated rings. The minimum Gasteiger partial charge on any atom is -0.342 e. The summed E-state index contributed by atoms with van der Waals surface area (Å²) in [5.74, 6) is -0.216. The third-order valence-electron chi connectivity index (χ3n) is 3.34. The Morgan fingerprint density at radius 2 is 1.90 bits per heavy atom. The summed E-state index contributed by atoms with van der Waals surface area (Å²) in [5.41, 5.74) is 9.53. The van der Waals surface area contributed by atoms with E-state index in [1.807, 2.05) is 56.1 Å². The minimum absolute atomic E-state index is 0.00135. The molecule has 20 heavy (non-hydrogen) atoms. The first kappa shape index (κ1) is 14.5. The standard InChI is InChI=1S/C17H21FN2/c1-12-6-4-8-15(10-12)20(3)17-14(11-13(2)19)7-5-9-16(17)18/h4-10,13H,11,19H2,1-3H3. The van der Waals surface area contributed by atoms with Crippen molar-refractivity contribution in [2.24, 2.45) is 5.73 Å². The van der Waals surface area contributed by atoms with E-state index >= 15 is 0 Å². The van der Waals surface area contributed by atoms with E-state index in [2.05, 4.69) is 0 Å². The predicted octanol–water partition coefficient (Wildman–Crippen LogP) is 3.79. The zero-order valence-corrected chi connectivity index (χ0v) is 12.2. The van der Waals surface area contributed by atoms with Crippen molar-refractivity contribution in [2.45, 2.75) is 26.3 Å². The molecule has 0 amide bonds. The van der Waals surface area contributed by atoms with Crippen LogP contribution >= 0.6 is 0 Å². The molecule has 0 spiro atoms. The fraction of sp³-hybridized carbons (Fsp3) is 0.294. The first-order valence-electron chi connectivity index (χ1n) is 6.82. The first-order chi connectivity index (χ1) is 9.49. The lowest BCUT2D eigenvalue weighted by Crippen LogP contribution is -2.21. The van der Waals surface area contributed by atoms with Crippen LogP contribution in [0.15, 0.2) is 42.5 Å². The molecule has 0 aromatic heterocycles. The molecule has 0 heterocycles. The van der Waals surface area contributed by atoms with Gasteiger partial charge < -0.3 is 10.6 Å². The number of hydrogen-bond acceptors (Lipinski definition) is 2. The molecular formula is C17H21FN2. The Bertz CT molecular complexity index is 593. The highest BCUT2D eigenvalue weighted by Crippen LogP contribution is 2.30. The third-order valence-corrected chi connectivity index (χ3v) is 3.34. The monoisotopic (exact) mass is 272 g/mol. The molecule has 0 radical (unpaired) electrons. The Morgan fingerprint density at radius 1 is 1.20 bits per heavy atom. The van der Waals surface area contributed by atoms with E-state index in [4.69, 9.17) is 5.73 Å². The van der Waals surface area contributed by atoms with Gasteiger partial charge in [-0.25, -0.2) is 4.39 Å². The Hall–Kier alpha value is -1.87. The van der Waals surface area contributed by atoms with Gasteiger partial charge in [0.1, 0.15) is 5.82 Å². The molecule has 0 saturated heterocycles. The molecule has 2 N–H and O–H groups in total. The smallest absolute Gasteiger partial charge is 0.147 e. The molecule has 2 nitrogen and oxygen atoms in total. The van der Waals surface area contributed by atoms with Crippen LogP contribution in [0, 0.1) is 12.7 Å². The number of benzene rings is 2. The normalized spacial score (nSPS) is 12.2. The van der Waals surface area contributed by atoms with Crippen LogP contribution in [0.3, 0.4) is 0 Å². The van der Waals surface area contributed by atoms with E-state index in [9.17, 15) is 4.39 Å². The van der Waals surface area contributed by atoms with Crippen LogP contribution in [0.25, 0.3) is 0 Å². The number of nitrogens with two attached hydrogens (primary N) is 1. The number of rotatable bonds is 4. The van der Waals surface area contributed by atoms with Gasteiger partial charge in [0.25, 0.3) is 0 Å². The van der Waals surface area contributed by atoms with Gasteiger partial charge in [-0.1, -0.05) is 24.3 Å². The molecular weight excluding hydrogens is 251 g/mol. The van der Waals surface area contributed by atoms with E-state index in [1.165, 1.54) is 6.07 Å². The molecule has 0 bridgehead atoms. The summed E-state index contributed by atoms with van der Waals surface area (Å²) >= 11 is 0. The van der Waals surface area contributed by atoms with Gasteiger partial charge in [-0.2, -0.15) is 0 Å². The number of nitrogens with zero attached hydrogens (tertiary/aromatic N) is 1. The second-order valence-electron chi connectivity index (χ2n) is 5.33. The number of hydrogen-bond donors (Lipinski definition) is 1. The van der Waals surface area contributed by atoms with Gasteiger partial charge >= 0.3 is 0 Å². The summed E-state index contributed by atoms with van der Waals surface area (Å²) in [5, 5.41) is 0. The maximum Gasteiger partial charge on any atom is 0.147 e. The molecule has 3 heteroatoms. The highest BCUT2D eigenvalue weighted by atomic mass is 19.1. The molecule has 1 atom stereocenters. The van der Waals surface area contributed by atoms with Crippen molar-refractivity contribution >= 4 is 11.4 Å². The molecule has 2 aromatic rings. The maximum absolute atomic E-state index is 14.3. The fourth-order valence-electron chi connectivity index (χ4n) is 2.41. The van der Waals surface area contributed by atoms with E-state index in [-0.39, 0.29) is 11.9 Å². The predicted molar refractivity (Wildman–Crippen MR) is 83.0 cm³/mol. The van der Waals surface area contributed by atoms with E-state index < -0.39 is 0 Å². The number of para-hydroxylation sites is 1. The Kier molecular flexibility index (Phi) is 4.40. The summed E-state index contributed by atoms with van der Waals surface area (Å²) in [7, 11) is 1.89. The van der Waals surface area contributed by atoms with Gasteiger partial charge in [0.05, 0.1) is 5.69 Å². The topological polar surface area (TPSA) is 29.3 Å². The van der Waals surface area contributed by atoms with Crippen LogP contribution < -0.4 is 10.6 Å². The number of halogens is 1. The molecule has 0 aliphatic carbocycles. The van der Waals surface area contributed by atoms with Crippen molar-refractivity contribution in [1.29, 1.82) is 0 Å². The summed E-state index contributed by atoms with van der Waals surface area (Å²) in [6.45, 7) is 3.96. The van der Waals surface area contributed by atoms with Gasteiger partial charge in [0.2, 0.25) is 0 Å². The second kappa shape index (κ2) is 6.06. The first-order valence-corrected chi connectivity index (χ1v) is 6.82. The lowest BCUT2D eigenvalue weighted by atomic mass is 10.0. The highest BCUT2D eigenvalue weighted by Gasteiger charge is 2.15. The van der Waals surface area contributed by atoms with E-state index in [0.29, 0.717) is 12.1 Å².